The van der Waals surface area contributed by atoms with Gasteiger partial charge >= 0.3 is 0 Å². The largest absolute Gasteiger partial charge is 0.347 e. The van der Waals surface area contributed by atoms with Crippen molar-refractivity contribution in [2.45, 2.75) is 37.6 Å². The molecule has 7 heteroatoms. The molecule has 0 fully saturated rings. The average molecular weight is 378 g/mol. The highest BCUT2D eigenvalue weighted by Crippen LogP contribution is 2.13. The van der Waals surface area contributed by atoms with Gasteiger partial charge in [0.05, 0.1) is 4.90 Å². The lowest BCUT2D eigenvalue weighted by Crippen LogP contribution is -2.40. The first-order chi connectivity index (χ1) is 12.1. The van der Waals surface area contributed by atoms with Gasteiger partial charge in [0.25, 0.3) is 5.91 Å². The van der Waals surface area contributed by atoms with E-state index in [9.17, 15) is 17.6 Å². The fourth-order valence-corrected chi connectivity index (χ4v) is 3.36. The molecule has 2 aromatic rings. The van der Waals surface area contributed by atoms with Crippen molar-refractivity contribution < 1.29 is 17.6 Å². The lowest BCUT2D eigenvalue weighted by Gasteiger charge is -2.20. The summed E-state index contributed by atoms with van der Waals surface area (Å²) in [6.07, 6.45) is 0.434. The van der Waals surface area contributed by atoms with Crippen molar-refractivity contribution >= 4 is 15.9 Å². The van der Waals surface area contributed by atoms with Crippen LogP contribution in [-0.2, 0) is 16.4 Å². The van der Waals surface area contributed by atoms with Crippen LogP contribution in [-0.4, -0.2) is 26.4 Å². The molecule has 140 valence electrons. The smallest absolute Gasteiger partial charge is 0.251 e. The predicted octanol–water partition coefficient (Wildman–Crippen LogP) is 2.88. The summed E-state index contributed by atoms with van der Waals surface area (Å²) < 4.78 is 40.2. The van der Waals surface area contributed by atoms with E-state index < -0.39 is 15.6 Å². The fourth-order valence-electron chi connectivity index (χ4n) is 2.28. The molecule has 0 spiro atoms. The Hall–Kier alpha value is -2.25. The van der Waals surface area contributed by atoms with Crippen molar-refractivity contribution in [1.29, 1.82) is 0 Å². The molecule has 0 bridgehead atoms. The molecule has 0 saturated carbocycles. The van der Waals surface area contributed by atoms with Gasteiger partial charge in [-0.3, -0.25) is 4.79 Å². The predicted molar refractivity (Wildman–Crippen MR) is 99.0 cm³/mol. The molecule has 0 aliphatic heterocycles. The molecule has 0 aromatic heterocycles. The molecular formula is C19H23FN2O3S. The number of carbonyl (C=O) groups excluding carboxylic acids is 1. The highest BCUT2D eigenvalue weighted by atomic mass is 32.2. The van der Waals surface area contributed by atoms with E-state index in [1.165, 1.54) is 30.3 Å². The van der Waals surface area contributed by atoms with Gasteiger partial charge in [-0.05, 0) is 63.1 Å². The molecule has 2 aromatic carbocycles. The molecule has 0 radical (unpaired) electrons. The van der Waals surface area contributed by atoms with Gasteiger partial charge in [0.1, 0.15) is 5.82 Å². The molecule has 26 heavy (non-hydrogen) atoms. The van der Waals surface area contributed by atoms with Crippen LogP contribution in [0.25, 0.3) is 0 Å². The summed E-state index contributed by atoms with van der Waals surface area (Å²) in [7, 11) is -3.74. The number of nitrogens with one attached hydrogen (secondary N) is 2. The Kier molecular flexibility index (Phi) is 6.15. The van der Waals surface area contributed by atoms with Crippen molar-refractivity contribution in [1.82, 2.24) is 10.0 Å². The molecular weight excluding hydrogens is 355 g/mol. The molecule has 0 unspecified atom stereocenters. The first-order valence-corrected chi connectivity index (χ1v) is 9.72. The minimum atomic E-state index is -3.74. The number of carbonyl (C=O) groups is 1. The molecule has 0 aliphatic rings. The van der Waals surface area contributed by atoms with Gasteiger partial charge < -0.3 is 5.32 Å². The number of hydrogen-bond acceptors (Lipinski definition) is 3. The van der Waals surface area contributed by atoms with E-state index in [2.05, 4.69) is 10.0 Å². The maximum atomic E-state index is 12.9. The second kappa shape index (κ2) is 7.97. The Morgan fingerprint density at radius 2 is 1.73 bits per heavy atom. The molecule has 0 aliphatic carbocycles. The number of hydrogen-bond donors (Lipinski definition) is 2. The molecule has 0 heterocycles. The Balaban J connectivity index is 2.05. The summed E-state index contributed by atoms with van der Waals surface area (Å²) in [5.41, 5.74) is 0.688. The summed E-state index contributed by atoms with van der Waals surface area (Å²) in [5, 5.41) is 2.80. The summed E-state index contributed by atoms with van der Waals surface area (Å²) in [5.74, 6) is -0.666. The highest BCUT2D eigenvalue weighted by molar-refractivity contribution is 7.89. The van der Waals surface area contributed by atoms with Crippen LogP contribution in [0.3, 0.4) is 0 Å². The second-order valence-electron chi connectivity index (χ2n) is 7.01. The third-order valence-electron chi connectivity index (χ3n) is 3.51. The minimum absolute atomic E-state index is 0.0261. The lowest BCUT2D eigenvalue weighted by atomic mass is 10.1. The van der Waals surface area contributed by atoms with Crippen molar-refractivity contribution in [3.05, 3.63) is 65.5 Å². The highest BCUT2D eigenvalue weighted by Gasteiger charge is 2.18. The second-order valence-corrected chi connectivity index (χ2v) is 8.77. The van der Waals surface area contributed by atoms with Crippen LogP contribution in [0.5, 0.6) is 0 Å². The molecule has 0 atom stereocenters. The number of rotatable bonds is 6. The topological polar surface area (TPSA) is 75.3 Å². The summed E-state index contributed by atoms with van der Waals surface area (Å²) >= 11 is 0. The van der Waals surface area contributed by atoms with Crippen LogP contribution in [0.4, 0.5) is 4.39 Å². The lowest BCUT2D eigenvalue weighted by molar-refractivity contribution is 0.0919. The van der Waals surface area contributed by atoms with E-state index in [-0.39, 0.29) is 28.7 Å². The maximum Gasteiger partial charge on any atom is 0.251 e. The Morgan fingerprint density at radius 3 is 2.35 bits per heavy atom. The average Bonchev–Trinajstić information content (AvgIpc) is 2.55. The maximum absolute atomic E-state index is 12.9. The Morgan fingerprint density at radius 1 is 1.08 bits per heavy atom. The van der Waals surface area contributed by atoms with E-state index in [0.717, 1.165) is 5.56 Å². The van der Waals surface area contributed by atoms with Gasteiger partial charge in [-0.2, -0.15) is 0 Å². The van der Waals surface area contributed by atoms with E-state index >= 15 is 0 Å². The number of sulfonamides is 1. The van der Waals surface area contributed by atoms with Crippen molar-refractivity contribution in [3.8, 4) is 0 Å². The van der Waals surface area contributed by atoms with Gasteiger partial charge in [0.15, 0.2) is 0 Å². The number of halogens is 1. The van der Waals surface area contributed by atoms with E-state index in [1.54, 1.807) is 18.2 Å². The Bertz CT molecular complexity index is 872. The standard InChI is InChI=1S/C19H23FN2O3S/c1-19(2,3)22-18(23)15-5-4-6-17(13-15)26(24,25)21-12-11-14-7-9-16(20)10-8-14/h4-10,13,21H,11-12H2,1-3H3,(H,22,23). The molecule has 2 N–H and O–H groups in total. The quantitative estimate of drug-likeness (QED) is 0.812. The normalized spacial score (nSPS) is 12.0. The van der Waals surface area contributed by atoms with E-state index in [0.29, 0.717) is 6.42 Å². The zero-order valence-corrected chi connectivity index (χ0v) is 15.9. The zero-order chi connectivity index (χ0) is 19.4. The third-order valence-corrected chi connectivity index (χ3v) is 4.97. The van der Waals surface area contributed by atoms with Crippen LogP contribution in [0.1, 0.15) is 36.7 Å². The summed E-state index contributed by atoms with van der Waals surface area (Å²) in [4.78, 5) is 12.2. The molecule has 2 rings (SSSR count). The van der Waals surface area contributed by atoms with Crippen LogP contribution >= 0.6 is 0 Å². The minimum Gasteiger partial charge on any atom is -0.347 e. The number of benzene rings is 2. The van der Waals surface area contributed by atoms with E-state index in [4.69, 9.17) is 0 Å². The summed E-state index contributed by atoms with van der Waals surface area (Å²) in [6, 6.07) is 11.8. The van der Waals surface area contributed by atoms with Crippen molar-refractivity contribution in [2.24, 2.45) is 0 Å². The summed E-state index contributed by atoms with van der Waals surface area (Å²) in [6.45, 7) is 5.72. The SMILES string of the molecule is CC(C)(C)NC(=O)c1cccc(S(=O)(=O)NCCc2ccc(F)cc2)c1. The van der Waals surface area contributed by atoms with Crippen LogP contribution in [0.15, 0.2) is 53.4 Å². The van der Waals surface area contributed by atoms with Gasteiger partial charge in [0, 0.05) is 17.6 Å². The molecule has 5 nitrogen and oxygen atoms in total. The van der Waals surface area contributed by atoms with Gasteiger partial charge in [0.2, 0.25) is 10.0 Å². The third kappa shape index (κ3) is 5.93. The zero-order valence-electron chi connectivity index (χ0n) is 15.0. The molecule has 1 amide bonds. The van der Waals surface area contributed by atoms with Gasteiger partial charge in [-0.15, -0.1) is 0 Å². The van der Waals surface area contributed by atoms with Gasteiger partial charge in [-0.25, -0.2) is 17.5 Å². The van der Waals surface area contributed by atoms with Crippen molar-refractivity contribution in [3.63, 3.8) is 0 Å². The monoisotopic (exact) mass is 378 g/mol. The first-order valence-electron chi connectivity index (χ1n) is 8.23. The van der Waals surface area contributed by atoms with Gasteiger partial charge in [-0.1, -0.05) is 18.2 Å². The van der Waals surface area contributed by atoms with Crippen LogP contribution < -0.4 is 10.0 Å². The van der Waals surface area contributed by atoms with Crippen molar-refractivity contribution in [2.75, 3.05) is 6.54 Å². The van der Waals surface area contributed by atoms with E-state index in [1.807, 2.05) is 20.8 Å². The van der Waals surface area contributed by atoms with Crippen LogP contribution in [0.2, 0.25) is 0 Å². The number of amides is 1. The Labute approximate surface area is 153 Å². The van der Waals surface area contributed by atoms with Crippen LogP contribution in [0, 0.1) is 5.82 Å². The fraction of sp³-hybridized carbons (Fsp3) is 0.316. The molecule has 0 saturated heterocycles. The first kappa shape index (κ1) is 20.1.